The van der Waals surface area contributed by atoms with Crippen LogP contribution in [0.25, 0.3) is 11.0 Å². The molecule has 1 aromatic carbocycles. The summed E-state index contributed by atoms with van der Waals surface area (Å²) in [7, 11) is 0. The summed E-state index contributed by atoms with van der Waals surface area (Å²) in [6.45, 7) is 6.71. The lowest BCUT2D eigenvalue weighted by atomic mass is 10.1. The number of carbonyl (C=O) groups excluding carboxylic acids is 1. The largest absolute Gasteiger partial charge is 0.334 e. The first kappa shape index (κ1) is 20.2. The smallest absolute Gasteiger partial charge is 0.316 e. The Morgan fingerprint density at radius 3 is 2.69 bits per heavy atom. The van der Waals surface area contributed by atoms with Crippen molar-refractivity contribution in [2.45, 2.75) is 39.3 Å². The second kappa shape index (κ2) is 8.51. The third kappa shape index (κ3) is 3.68. The molecule has 0 saturated carbocycles. The van der Waals surface area contributed by atoms with Crippen molar-refractivity contribution in [3.05, 3.63) is 44.5 Å². The van der Waals surface area contributed by atoms with Gasteiger partial charge < -0.3 is 19.8 Å². The first-order chi connectivity index (χ1) is 12.1. The Balaban J connectivity index is 0.00000243. The number of rotatable bonds is 5. The molecule has 7 nitrogen and oxygen atoms in total. The Bertz CT molecular complexity index is 899. The predicted octanol–water partition coefficient (Wildman–Crippen LogP) is 1.35. The zero-order valence-electron chi connectivity index (χ0n) is 15.1. The molecule has 1 aliphatic rings. The van der Waals surface area contributed by atoms with Crippen LogP contribution in [0.15, 0.2) is 27.8 Å². The van der Waals surface area contributed by atoms with Gasteiger partial charge >= 0.3 is 11.1 Å². The molecule has 1 aromatic heterocycles. The quantitative estimate of drug-likeness (QED) is 0.766. The minimum absolute atomic E-state index is 0. The van der Waals surface area contributed by atoms with Gasteiger partial charge in [0.1, 0.15) is 0 Å². The molecule has 1 atom stereocenters. The molecule has 3 rings (SSSR count). The Morgan fingerprint density at radius 1 is 1.31 bits per heavy atom. The van der Waals surface area contributed by atoms with Crippen molar-refractivity contribution >= 4 is 29.3 Å². The lowest BCUT2D eigenvalue weighted by Gasteiger charge is -2.28. The Labute approximate surface area is 157 Å². The van der Waals surface area contributed by atoms with E-state index in [2.05, 4.69) is 17.2 Å². The summed E-state index contributed by atoms with van der Waals surface area (Å²) in [5.74, 6) is -0.0347. The van der Waals surface area contributed by atoms with Crippen molar-refractivity contribution in [2.24, 2.45) is 0 Å². The molecule has 142 valence electrons. The molecular weight excluding hydrogens is 356 g/mol. The molecule has 2 aromatic rings. The van der Waals surface area contributed by atoms with E-state index in [4.69, 9.17) is 0 Å². The highest BCUT2D eigenvalue weighted by atomic mass is 35.5. The average Bonchev–Trinajstić information content (AvgIpc) is 3.14. The van der Waals surface area contributed by atoms with Crippen molar-refractivity contribution in [3.63, 3.8) is 0 Å². The number of hydrogen-bond acceptors (Lipinski definition) is 4. The van der Waals surface area contributed by atoms with Crippen LogP contribution in [0.5, 0.6) is 0 Å². The van der Waals surface area contributed by atoms with E-state index in [9.17, 15) is 14.4 Å². The molecule has 1 unspecified atom stereocenters. The number of nitrogens with zero attached hydrogens (tertiary/aromatic N) is 2. The van der Waals surface area contributed by atoms with Gasteiger partial charge in [-0.15, -0.1) is 12.4 Å². The van der Waals surface area contributed by atoms with Gasteiger partial charge in [-0.05, 0) is 44.5 Å². The van der Waals surface area contributed by atoms with Gasteiger partial charge in [-0.1, -0.05) is 6.92 Å². The molecule has 1 saturated heterocycles. The molecule has 1 amide bonds. The van der Waals surface area contributed by atoms with Gasteiger partial charge in [0.05, 0.1) is 11.0 Å². The molecule has 0 bridgehead atoms. The van der Waals surface area contributed by atoms with E-state index in [-0.39, 0.29) is 24.4 Å². The number of hydrogen-bond donors (Lipinski definition) is 2. The number of fused-ring (bicyclic) bond motifs is 1. The van der Waals surface area contributed by atoms with Gasteiger partial charge in [0.2, 0.25) is 0 Å². The van der Waals surface area contributed by atoms with Crippen molar-refractivity contribution < 1.29 is 4.79 Å². The molecule has 1 fully saturated rings. The Morgan fingerprint density at radius 2 is 2.08 bits per heavy atom. The highest BCUT2D eigenvalue weighted by molar-refractivity contribution is 5.97. The van der Waals surface area contributed by atoms with Crippen molar-refractivity contribution in [1.82, 2.24) is 19.8 Å². The van der Waals surface area contributed by atoms with Crippen molar-refractivity contribution in [3.8, 4) is 0 Å². The SMILES string of the molecule is CCCN(C(=O)c1ccc2c(c1)[nH]c(=O)c(=O)n2CC)C1CCNC1.Cl. The highest BCUT2D eigenvalue weighted by Crippen LogP contribution is 2.17. The lowest BCUT2D eigenvalue weighted by molar-refractivity contribution is 0.0692. The molecule has 8 heteroatoms. The van der Waals surface area contributed by atoms with Crippen LogP contribution >= 0.6 is 12.4 Å². The normalized spacial score (nSPS) is 16.5. The van der Waals surface area contributed by atoms with Crippen LogP contribution in [-0.4, -0.2) is 46.0 Å². The third-order valence-corrected chi connectivity index (χ3v) is 4.74. The topological polar surface area (TPSA) is 87.2 Å². The van der Waals surface area contributed by atoms with Crippen LogP contribution in [0.4, 0.5) is 0 Å². The molecule has 0 radical (unpaired) electrons. The number of halogens is 1. The Hall–Kier alpha value is -2.12. The monoisotopic (exact) mass is 380 g/mol. The number of aromatic amines is 1. The van der Waals surface area contributed by atoms with Crippen LogP contribution in [0.2, 0.25) is 0 Å². The molecule has 2 heterocycles. The minimum Gasteiger partial charge on any atom is -0.334 e. The fraction of sp³-hybridized carbons (Fsp3) is 0.500. The van der Waals surface area contributed by atoms with E-state index in [1.165, 1.54) is 4.57 Å². The van der Waals surface area contributed by atoms with Gasteiger partial charge in [-0.25, -0.2) is 0 Å². The molecule has 0 spiro atoms. The summed E-state index contributed by atoms with van der Waals surface area (Å²) in [5, 5.41) is 3.30. The van der Waals surface area contributed by atoms with Gasteiger partial charge in [0, 0.05) is 31.2 Å². The predicted molar refractivity (Wildman–Crippen MR) is 104 cm³/mol. The second-order valence-electron chi connectivity index (χ2n) is 6.38. The van der Waals surface area contributed by atoms with Crippen molar-refractivity contribution in [1.29, 1.82) is 0 Å². The second-order valence-corrected chi connectivity index (χ2v) is 6.38. The zero-order chi connectivity index (χ0) is 18.0. The number of nitrogens with one attached hydrogen (secondary N) is 2. The van der Waals surface area contributed by atoms with Gasteiger partial charge in [-0.2, -0.15) is 0 Å². The average molecular weight is 381 g/mol. The summed E-state index contributed by atoms with van der Waals surface area (Å²) in [5.41, 5.74) is 0.444. The number of aryl methyl sites for hydroxylation is 1. The molecular formula is C18H25ClN4O3. The van der Waals surface area contributed by atoms with E-state index >= 15 is 0 Å². The number of benzene rings is 1. The maximum Gasteiger partial charge on any atom is 0.316 e. The van der Waals surface area contributed by atoms with Crippen LogP contribution in [0.1, 0.15) is 37.0 Å². The van der Waals surface area contributed by atoms with Crippen LogP contribution < -0.4 is 16.4 Å². The molecule has 26 heavy (non-hydrogen) atoms. The summed E-state index contributed by atoms with van der Waals surface area (Å²) < 4.78 is 1.42. The van der Waals surface area contributed by atoms with Crippen molar-refractivity contribution in [2.75, 3.05) is 19.6 Å². The first-order valence-corrected chi connectivity index (χ1v) is 8.85. The van der Waals surface area contributed by atoms with E-state index in [0.29, 0.717) is 29.7 Å². The summed E-state index contributed by atoms with van der Waals surface area (Å²) in [6.07, 6.45) is 1.84. The number of amides is 1. The summed E-state index contributed by atoms with van der Waals surface area (Å²) in [6, 6.07) is 5.35. The van der Waals surface area contributed by atoms with Crippen LogP contribution in [-0.2, 0) is 6.54 Å². The fourth-order valence-electron chi connectivity index (χ4n) is 3.49. The fourth-order valence-corrected chi connectivity index (χ4v) is 3.49. The Kier molecular flexibility index (Phi) is 6.61. The summed E-state index contributed by atoms with van der Waals surface area (Å²) >= 11 is 0. The number of H-pyrrole nitrogens is 1. The maximum atomic E-state index is 13.0. The van der Waals surface area contributed by atoms with Gasteiger partial charge in [-0.3, -0.25) is 14.4 Å². The molecule has 0 aliphatic carbocycles. The molecule has 2 N–H and O–H groups in total. The zero-order valence-corrected chi connectivity index (χ0v) is 15.9. The first-order valence-electron chi connectivity index (χ1n) is 8.85. The van der Waals surface area contributed by atoms with E-state index in [0.717, 1.165) is 25.9 Å². The van der Waals surface area contributed by atoms with Gasteiger partial charge in [0.25, 0.3) is 5.91 Å². The van der Waals surface area contributed by atoms with E-state index in [1.807, 2.05) is 11.8 Å². The summed E-state index contributed by atoms with van der Waals surface area (Å²) in [4.78, 5) is 41.3. The van der Waals surface area contributed by atoms with Crippen LogP contribution in [0.3, 0.4) is 0 Å². The standard InChI is InChI=1S/C18H24N4O3.ClH/c1-3-9-22(13-7-8-19-11-13)17(24)12-5-6-15-14(10-12)20-16(23)18(25)21(15)4-2;/h5-6,10,13,19H,3-4,7-9,11H2,1-2H3,(H,20,23);1H. The highest BCUT2D eigenvalue weighted by Gasteiger charge is 2.26. The van der Waals surface area contributed by atoms with Crippen LogP contribution in [0, 0.1) is 0 Å². The van der Waals surface area contributed by atoms with E-state index in [1.54, 1.807) is 18.2 Å². The lowest BCUT2D eigenvalue weighted by Crippen LogP contribution is -2.42. The maximum absolute atomic E-state index is 13.0. The minimum atomic E-state index is -0.663. The third-order valence-electron chi connectivity index (χ3n) is 4.74. The van der Waals surface area contributed by atoms with E-state index < -0.39 is 11.1 Å². The molecule has 1 aliphatic heterocycles. The number of carbonyl (C=O) groups is 1. The van der Waals surface area contributed by atoms with Gasteiger partial charge in [0.15, 0.2) is 0 Å². The number of aromatic nitrogens is 2.